The van der Waals surface area contributed by atoms with Gasteiger partial charge in [0.15, 0.2) is 5.82 Å². The second-order valence-electron chi connectivity index (χ2n) is 6.65. The van der Waals surface area contributed by atoms with Gasteiger partial charge in [0.2, 0.25) is 5.95 Å². The van der Waals surface area contributed by atoms with Gasteiger partial charge in [-0.05, 0) is 53.7 Å². The summed E-state index contributed by atoms with van der Waals surface area (Å²) < 4.78 is 24.4. The molecule has 142 valence electrons. The summed E-state index contributed by atoms with van der Waals surface area (Å²) in [7, 11) is 0. The number of aromatic nitrogens is 2. The lowest BCUT2D eigenvalue weighted by molar-refractivity contribution is 0.318. The average molecular weight is 449 g/mol. The van der Waals surface area contributed by atoms with E-state index in [-0.39, 0.29) is 6.04 Å². The number of fused-ring (bicyclic) bond motifs is 1. The van der Waals surface area contributed by atoms with Crippen LogP contribution in [0.3, 0.4) is 0 Å². The van der Waals surface area contributed by atoms with Crippen LogP contribution in [-0.2, 0) is 17.7 Å². The van der Waals surface area contributed by atoms with Crippen LogP contribution < -0.4 is 10.2 Å². The van der Waals surface area contributed by atoms with Crippen LogP contribution in [0.2, 0.25) is 0 Å². The minimum absolute atomic E-state index is 0.162. The summed E-state index contributed by atoms with van der Waals surface area (Å²) in [5, 5.41) is 3.36. The van der Waals surface area contributed by atoms with Gasteiger partial charge in [-0.3, -0.25) is 4.21 Å². The molecule has 0 spiro atoms. The SMILES string of the molecule is O=S([O-])N1CCC(Nc2ncc(Br)c(N3CCCc4c#cccc43)n2)CC1. The molecule has 2 aliphatic rings. The van der Waals surface area contributed by atoms with Crippen LogP contribution in [0.4, 0.5) is 17.5 Å². The van der Waals surface area contributed by atoms with Gasteiger partial charge in [-0.2, -0.15) is 4.98 Å². The Hall–Kier alpha value is -1.73. The molecule has 4 rings (SSSR count). The molecular formula is C18H19BrN5O2S-. The summed E-state index contributed by atoms with van der Waals surface area (Å²) in [5.41, 5.74) is 2.26. The molecule has 3 heterocycles. The molecule has 7 nitrogen and oxygen atoms in total. The van der Waals surface area contributed by atoms with Gasteiger partial charge in [-0.15, -0.1) is 0 Å². The maximum Gasteiger partial charge on any atom is 0.224 e. The fourth-order valence-electron chi connectivity index (χ4n) is 3.56. The highest BCUT2D eigenvalue weighted by molar-refractivity contribution is 9.10. The first-order valence-electron chi connectivity index (χ1n) is 8.94. The molecule has 1 N–H and O–H groups in total. The zero-order valence-electron chi connectivity index (χ0n) is 14.7. The Labute approximate surface area is 169 Å². The predicted molar refractivity (Wildman–Crippen MR) is 106 cm³/mol. The van der Waals surface area contributed by atoms with Crippen molar-refractivity contribution < 1.29 is 8.76 Å². The fourth-order valence-corrected chi connectivity index (χ4v) is 4.47. The molecule has 0 amide bonds. The molecule has 2 aromatic rings. The van der Waals surface area contributed by atoms with Gasteiger partial charge >= 0.3 is 0 Å². The molecule has 1 unspecified atom stereocenters. The van der Waals surface area contributed by atoms with Crippen molar-refractivity contribution in [2.24, 2.45) is 0 Å². The van der Waals surface area contributed by atoms with Crippen LogP contribution in [-0.4, -0.2) is 48.7 Å². The van der Waals surface area contributed by atoms with E-state index in [4.69, 9.17) is 4.98 Å². The molecule has 27 heavy (non-hydrogen) atoms. The Morgan fingerprint density at radius 1 is 1.33 bits per heavy atom. The highest BCUT2D eigenvalue weighted by atomic mass is 79.9. The van der Waals surface area contributed by atoms with Crippen LogP contribution >= 0.6 is 15.9 Å². The third kappa shape index (κ3) is 4.09. The summed E-state index contributed by atoms with van der Waals surface area (Å²) in [5.74, 6) is 1.39. The lowest BCUT2D eigenvalue weighted by Gasteiger charge is -2.33. The highest BCUT2D eigenvalue weighted by Gasteiger charge is 2.23. The van der Waals surface area contributed by atoms with E-state index in [1.54, 1.807) is 6.20 Å². The van der Waals surface area contributed by atoms with Crippen molar-refractivity contribution in [2.75, 3.05) is 29.9 Å². The van der Waals surface area contributed by atoms with Gasteiger partial charge in [0.05, 0.1) is 10.2 Å². The molecule has 1 saturated heterocycles. The monoisotopic (exact) mass is 448 g/mol. The number of halogens is 1. The van der Waals surface area contributed by atoms with Crippen LogP contribution in [0.25, 0.3) is 0 Å². The fraction of sp³-hybridized carbons (Fsp3) is 0.444. The van der Waals surface area contributed by atoms with Crippen molar-refractivity contribution in [1.82, 2.24) is 14.3 Å². The quantitative estimate of drug-likeness (QED) is 0.723. The normalized spacial score (nSPS) is 19.3. The van der Waals surface area contributed by atoms with Crippen LogP contribution in [0, 0.1) is 12.1 Å². The average Bonchev–Trinajstić information content (AvgIpc) is 2.69. The second-order valence-corrected chi connectivity index (χ2v) is 8.46. The zero-order valence-corrected chi connectivity index (χ0v) is 17.1. The smallest absolute Gasteiger partial charge is 0.224 e. The van der Waals surface area contributed by atoms with Crippen molar-refractivity contribution in [3.05, 3.63) is 40.5 Å². The standard InChI is InChI=1S/C18H20BrN5O2S/c19-15-12-20-18(21-14-7-10-23(11-8-14)27(25)26)22-17(15)24-9-3-5-13-4-1-2-6-16(13)24/h2,6,12,14H,3,5,7-11H2,(H,25,26)(H,20,21,22)/p-1. The first-order chi connectivity index (χ1) is 13.1. The van der Waals surface area contributed by atoms with Crippen LogP contribution in [0.15, 0.2) is 22.8 Å². The Kier molecular flexibility index (Phi) is 5.59. The maximum absolute atomic E-state index is 11.0. The molecule has 0 radical (unpaired) electrons. The molecular weight excluding hydrogens is 430 g/mol. The number of nitrogens with zero attached hydrogens (tertiary/aromatic N) is 4. The summed E-state index contributed by atoms with van der Waals surface area (Å²) >= 11 is 1.44. The first kappa shape index (κ1) is 18.6. The van der Waals surface area contributed by atoms with Crippen molar-refractivity contribution in [1.29, 1.82) is 0 Å². The van der Waals surface area contributed by atoms with E-state index in [1.807, 2.05) is 12.1 Å². The van der Waals surface area contributed by atoms with Crippen LogP contribution in [0.1, 0.15) is 24.8 Å². The van der Waals surface area contributed by atoms with Gasteiger partial charge in [-0.25, -0.2) is 9.29 Å². The van der Waals surface area contributed by atoms with E-state index in [2.05, 4.69) is 43.3 Å². The van der Waals surface area contributed by atoms with E-state index < -0.39 is 11.3 Å². The molecule has 2 aliphatic heterocycles. The summed E-state index contributed by atoms with van der Waals surface area (Å²) in [6, 6.07) is 10.3. The molecule has 0 bridgehead atoms. The predicted octanol–water partition coefficient (Wildman–Crippen LogP) is 2.59. The van der Waals surface area contributed by atoms with E-state index in [0.717, 1.165) is 53.8 Å². The lowest BCUT2D eigenvalue weighted by atomic mass is 10.0. The molecule has 1 atom stereocenters. The molecule has 1 aromatic carbocycles. The lowest BCUT2D eigenvalue weighted by Crippen LogP contribution is -2.40. The Balaban J connectivity index is 1.52. The summed E-state index contributed by atoms with van der Waals surface area (Å²) in [6.45, 7) is 1.92. The van der Waals surface area contributed by atoms with Crippen LogP contribution in [0.5, 0.6) is 0 Å². The van der Waals surface area contributed by atoms with Gasteiger partial charge < -0.3 is 14.8 Å². The first-order valence-corrected chi connectivity index (χ1v) is 10.8. The topological polar surface area (TPSA) is 84.4 Å². The van der Waals surface area contributed by atoms with Gasteiger partial charge in [0, 0.05) is 48.7 Å². The molecule has 1 aromatic heterocycles. The zero-order chi connectivity index (χ0) is 18.8. The highest BCUT2D eigenvalue weighted by Crippen LogP contribution is 2.35. The van der Waals surface area contributed by atoms with E-state index in [1.165, 1.54) is 4.31 Å². The minimum Gasteiger partial charge on any atom is -0.760 e. The number of hydrogen-bond acceptors (Lipinski definition) is 6. The van der Waals surface area contributed by atoms with Gasteiger partial charge in [0.25, 0.3) is 0 Å². The second kappa shape index (κ2) is 8.10. The Bertz CT molecular complexity index is 844. The van der Waals surface area contributed by atoms with E-state index >= 15 is 0 Å². The Morgan fingerprint density at radius 3 is 2.93 bits per heavy atom. The molecule has 9 heteroatoms. The Morgan fingerprint density at radius 2 is 2.15 bits per heavy atom. The number of piperidine rings is 1. The van der Waals surface area contributed by atoms with Crippen molar-refractivity contribution in [2.45, 2.75) is 31.7 Å². The van der Waals surface area contributed by atoms with E-state index in [9.17, 15) is 8.76 Å². The summed E-state index contributed by atoms with van der Waals surface area (Å²) in [6.07, 6.45) is 5.27. The van der Waals surface area contributed by atoms with Crippen molar-refractivity contribution >= 4 is 44.7 Å². The van der Waals surface area contributed by atoms with E-state index in [0.29, 0.717) is 19.0 Å². The minimum atomic E-state index is -2.14. The number of hydrogen-bond donors (Lipinski definition) is 1. The molecule has 1 fully saturated rings. The van der Waals surface area contributed by atoms with Crippen molar-refractivity contribution in [3.63, 3.8) is 0 Å². The maximum atomic E-state index is 11.0. The largest absolute Gasteiger partial charge is 0.760 e. The summed E-state index contributed by atoms with van der Waals surface area (Å²) in [4.78, 5) is 11.3. The number of rotatable bonds is 4. The molecule has 0 saturated carbocycles. The number of nitrogens with one attached hydrogen (secondary N) is 1. The number of anilines is 3. The molecule has 0 aliphatic carbocycles. The van der Waals surface area contributed by atoms with Gasteiger partial charge in [0.1, 0.15) is 0 Å². The van der Waals surface area contributed by atoms with Gasteiger partial charge in [-0.1, -0.05) is 12.1 Å². The third-order valence-electron chi connectivity index (χ3n) is 4.94. The third-order valence-corrected chi connectivity index (χ3v) is 6.28. The van der Waals surface area contributed by atoms with Crippen molar-refractivity contribution in [3.8, 4) is 0 Å².